The van der Waals surface area contributed by atoms with Gasteiger partial charge >= 0.3 is 0 Å². The van der Waals surface area contributed by atoms with E-state index < -0.39 is 0 Å². The molecular weight excluding hydrogens is 293 g/mol. The summed E-state index contributed by atoms with van der Waals surface area (Å²) in [5.41, 5.74) is 15.6. The van der Waals surface area contributed by atoms with Crippen molar-refractivity contribution in [2.75, 3.05) is 12.3 Å². The summed E-state index contributed by atoms with van der Waals surface area (Å²) >= 11 is 0. The molecule has 2 aliphatic rings. The number of nitrogens with zero attached hydrogens (tertiary/aromatic N) is 2. The number of aromatic nitrogens is 1. The number of nitrogens with one attached hydrogen (secondary N) is 2. The second-order valence-electron chi connectivity index (χ2n) is 5.98. The zero-order valence-corrected chi connectivity index (χ0v) is 12.4. The topological polar surface area (TPSA) is 86.8 Å². The van der Waals surface area contributed by atoms with Gasteiger partial charge in [0.25, 0.3) is 0 Å². The molecule has 2 unspecified atom stereocenters. The molecule has 1 aromatic carbocycles. The Bertz CT molecular complexity index is 826. The molecule has 0 radical (unpaired) electrons. The highest BCUT2D eigenvalue weighted by atomic mass is 19.1. The van der Waals surface area contributed by atoms with E-state index in [-0.39, 0.29) is 23.1 Å². The lowest BCUT2D eigenvalue weighted by Gasteiger charge is -2.29. The summed E-state index contributed by atoms with van der Waals surface area (Å²) in [5, 5.41) is 9.52. The molecule has 0 bridgehead atoms. The first-order valence-corrected chi connectivity index (χ1v) is 7.66. The van der Waals surface area contributed by atoms with Gasteiger partial charge in [0.1, 0.15) is 23.3 Å². The van der Waals surface area contributed by atoms with Crippen molar-refractivity contribution in [1.82, 2.24) is 15.8 Å². The van der Waals surface area contributed by atoms with Gasteiger partial charge in [-0.05, 0) is 24.5 Å². The number of rotatable bonds is 1. The van der Waals surface area contributed by atoms with Crippen LogP contribution < -0.4 is 16.6 Å². The molecule has 0 saturated carbocycles. The van der Waals surface area contributed by atoms with Gasteiger partial charge in [0.05, 0.1) is 5.69 Å². The summed E-state index contributed by atoms with van der Waals surface area (Å²) in [7, 11) is 0. The van der Waals surface area contributed by atoms with Gasteiger partial charge in [0.15, 0.2) is 0 Å². The predicted molar refractivity (Wildman–Crippen MR) is 84.7 cm³/mol. The molecule has 4 N–H and O–H groups in total. The first kappa shape index (κ1) is 14.1. The largest absolute Gasteiger partial charge is 0.383 e. The van der Waals surface area contributed by atoms with Crippen molar-refractivity contribution >= 4 is 5.82 Å². The number of nitrogen functional groups attached to an aromatic ring is 1. The number of nitrogens with two attached hydrogens (primary N) is 1. The van der Waals surface area contributed by atoms with E-state index in [1.54, 1.807) is 18.2 Å². The fourth-order valence-electron chi connectivity index (χ4n) is 3.70. The van der Waals surface area contributed by atoms with Gasteiger partial charge in [-0.15, -0.1) is 0 Å². The van der Waals surface area contributed by atoms with Gasteiger partial charge in [-0.2, -0.15) is 5.26 Å². The standard InChI is InChI=1S/C17H16FN5/c18-13-4-2-1-3-9(13)15-10-5-6-14-12(8-21-23-14)16(10)22-17(20)11(15)7-19/h1-4,12,14,21,23H,5-6,8H2,(H2,20,22). The Morgan fingerprint density at radius 2 is 2.17 bits per heavy atom. The van der Waals surface area contributed by atoms with Crippen molar-refractivity contribution in [1.29, 1.82) is 5.26 Å². The van der Waals surface area contributed by atoms with E-state index in [1.807, 2.05) is 0 Å². The molecule has 1 aliphatic heterocycles. The first-order valence-electron chi connectivity index (χ1n) is 7.66. The van der Waals surface area contributed by atoms with Crippen molar-refractivity contribution < 1.29 is 4.39 Å². The van der Waals surface area contributed by atoms with Crippen LogP contribution in [0.25, 0.3) is 11.1 Å². The number of hydrazine groups is 1. The molecule has 2 atom stereocenters. The van der Waals surface area contributed by atoms with Crippen molar-refractivity contribution in [2.45, 2.75) is 24.8 Å². The zero-order chi connectivity index (χ0) is 16.0. The summed E-state index contributed by atoms with van der Waals surface area (Å²) in [6, 6.07) is 8.93. The minimum Gasteiger partial charge on any atom is -0.383 e. The van der Waals surface area contributed by atoms with Crippen LogP contribution in [0, 0.1) is 17.1 Å². The molecule has 23 heavy (non-hydrogen) atoms. The van der Waals surface area contributed by atoms with E-state index in [0.717, 1.165) is 30.6 Å². The van der Waals surface area contributed by atoms with Crippen LogP contribution in [0.3, 0.4) is 0 Å². The molecule has 6 heteroatoms. The summed E-state index contributed by atoms with van der Waals surface area (Å²) in [5.74, 6) is 0.0259. The number of halogens is 1. The number of fused-ring (bicyclic) bond motifs is 3. The maximum atomic E-state index is 14.4. The van der Waals surface area contributed by atoms with Gasteiger partial charge < -0.3 is 5.73 Å². The van der Waals surface area contributed by atoms with Crippen molar-refractivity contribution in [2.24, 2.45) is 0 Å². The van der Waals surface area contributed by atoms with Crippen LogP contribution in [-0.4, -0.2) is 17.6 Å². The van der Waals surface area contributed by atoms with E-state index in [2.05, 4.69) is 21.9 Å². The van der Waals surface area contributed by atoms with E-state index >= 15 is 0 Å². The molecule has 116 valence electrons. The molecule has 1 aliphatic carbocycles. The Kier molecular flexibility index (Phi) is 3.26. The molecule has 2 aromatic rings. The average Bonchev–Trinajstić information content (AvgIpc) is 3.03. The lowest BCUT2D eigenvalue weighted by molar-refractivity contribution is 0.465. The SMILES string of the molecule is N#Cc1c(N)nc2c(c1-c1ccccc1F)CCC1NNCC21. The van der Waals surface area contributed by atoms with Crippen LogP contribution >= 0.6 is 0 Å². The molecular formula is C17H16FN5. The third-order valence-electron chi connectivity index (χ3n) is 4.76. The number of benzene rings is 1. The van der Waals surface area contributed by atoms with Crippen molar-refractivity contribution in [3.8, 4) is 17.2 Å². The van der Waals surface area contributed by atoms with Gasteiger partial charge in [-0.1, -0.05) is 18.2 Å². The van der Waals surface area contributed by atoms with E-state index in [9.17, 15) is 9.65 Å². The average molecular weight is 309 g/mol. The summed E-state index contributed by atoms with van der Waals surface area (Å²) in [4.78, 5) is 4.50. The number of hydrogen-bond acceptors (Lipinski definition) is 5. The molecule has 0 spiro atoms. The van der Waals surface area contributed by atoms with E-state index in [4.69, 9.17) is 5.73 Å². The Morgan fingerprint density at radius 3 is 2.96 bits per heavy atom. The van der Waals surface area contributed by atoms with Gasteiger partial charge in [-0.25, -0.2) is 9.37 Å². The molecule has 5 nitrogen and oxygen atoms in total. The number of nitriles is 1. The number of pyridine rings is 1. The monoisotopic (exact) mass is 309 g/mol. The third-order valence-corrected chi connectivity index (χ3v) is 4.76. The maximum absolute atomic E-state index is 14.4. The highest BCUT2D eigenvalue weighted by Crippen LogP contribution is 2.41. The Hall–Kier alpha value is -2.49. The molecule has 1 aromatic heterocycles. The highest BCUT2D eigenvalue weighted by Gasteiger charge is 2.37. The summed E-state index contributed by atoms with van der Waals surface area (Å²) in [6.07, 6.45) is 1.67. The third kappa shape index (κ3) is 2.09. The quantitative estimate of drug-likeness (QED) is 0.748. The zero-order valence-electron chi connectivity index (χ0n) is 12.4. The molecule has 1 fully saturated rings. The lowest BCUT2D eigenvalue weighted by Crippen LogP contribution is -2.34. The summed E-state index contributed by atoms with van der Waals surface area (Å²) in [6.45, 7) is 0.757. The minimum atomic E-state index is -0.346. The van der Waals surface area contributed by atoms with Crippen LogP contribution in [0.15, 0.2) is 24.3 Å². The van der Waals surface area contributed by atoms with Crippen LogP contribution in [0.1, 0.15) is 29.2 Å². The predicted octanol–water partition coefficient (Wildman–Crippen LogP) is 1.85. The van der Waals surface area contributed by atoms with Gasteiger partial charge in [0, 0.05) is 29.6 Å². The summed E-state index contributed by atoms with van der Waals surface area (Å²) < 4.78 is 14.4. The van der Waals surface area contributed by atoms with Gasteiger partial charge in [-0.3, -0.25) is 10.9 Å². The molecule has 2 heterocycles. The highest BCUT2D eigenvalue weighted by molar-refractivity contribution is 5.80. The number of hydrogen-bond donors (Lipinski definition) is 3. The van der Waals surface area contributed by atoms with E-state index in [1.165, 1.54) is 6.07 Å². The van der Waals surface area contributed by atoms with Gasteiger partial charge in [0.2, 0.25) is 0 Å². The van der Waals surface area contributed by atoms with E-state index in [0.29, 0.717) is 17.2 Å². The first-order chi connectivity index (χ1) is 11.2. The second-order valence-corrected chi connectivity index (χ2v) is 5.98. The maximum Gasteiger partial charge on any atom is 0.142 e. The van der Waals surface area contributed by atoms with Crippen molar-refractivity contribution in [3.05, 3.63) is 46.9 Å². The fraction of sp³-hybridized carbons (Fsp3) is 0.294. The normalized spacial score (nSPS) is 22.3. The van der Waals surface area contributed by atoms with Crippen LogP contribution in [0.5, 0.6) is 0 Å². The van der Waals surface area contributed by atoms with Crippen LogP contribution in [0.2, 0.25) is 0 Å². The van der Waals surface area contributed by atoms with Crippen LogP contribution in [0.4, 0.5) is 10.2 Å². The lowest BCUT2D eigenvalue weighted by atomic mass is 9.79. The second kappa shape index (κ2) is 5.30. The molecule has 4 rings (SSSR count). The number of anilines is 1. The fourth-order valence-corrected chi connectivity index (χ4v) is 3.70. The minimum absolute atomic E-state index is 0.178. The van der Waals surface area contributed by atoms with Crippen molar-refractivity contribution in [3.63, 3.8) is 0 Å². The Morgan fingerprint density at radius 1 is 1.35 bits per heavy atom. The Balaban J connectivity index is 2.02. The Labute approximate surface area is 133 Å². The smallest absolute Gasteiger partial charge is 0.142 e. The molecule has 0 amide bonds. The van der Waals surface area contributed by atoms with Crippen LogP contribution in [-0.2, 0) is 6.42 Å². The molecule has 1 saturated heterocycles.